The second-order valence-electron chi connectivity index (χ2n) is 4.38. The van der Waals surface area contributed by atoms with E-state index >= 15 is 0 Å². The molecule has 0 atom stereocenters. The van der Waals surface area contributed by atoms with Crippen LogP contribution in [0.15, 0.2) is 18.3 Å². The number of benzene rings is 1. The van der Waals surface area contributed by atoms with Gasteiger partial charge in [0.1, 0.15) is 0 Å². The quantitative estimate of drug-likeness (QED) is 0.810. The topological polar surface area (TPSA) is 53.1 Å². The molecule has 3 nitrogen and oxygen atoms in total. The Kier molecular flexibility index (Phi) is 2.46. The molecule has 16 heavy (non-hydrogen) atoms. The molecule has 84 valence electrons. The summed E-state index contributed by atoms with van der Waals surface area (Å²) in [4.78, 5) is 14.3. The predicted octanol–water partition coefficient (Wildman–Crippen LogP) is 3.30. The highest BCUT2D eigenvalue weighted by molar-refractivity contribution is 6.04. The Morgan fingerprint density at radius 1 is 1.38 bits per heavy atom. The molecular weight excluding hydrogens is 202 g/mol. The van der Waals surface area contributed by atoms with Gasteiger partial charge in [0.2, 0.25) is 0 Å². The van der Waals surface area contributed by atoms with E-state index in [2.05, 4.69) is 18.8 Å². The molecule has 1 aromatic carbocycles. The van der Waals surface area contributed by atoms with Crippen LogP contribution in [0.3, 0.4) is 0 Å². The molecule has 3 heteroatoms. The Morgan fingerprint density at radius 3 is 2.62 bits per heavy atom. The molecule has 0 fully saturated rings. The molecule has 1 heterocycles. The number of hydrogen-bond acceptors (Lipinski definition) is 1. The van der Waals surface area contributed by atoms with Gasteiger partial charge in [-0.2, -0.15) is 0 Å². The van der Waals surface area contributed by atoms with E-state index in [1.807, 2.05) is 25.3 Å². The molecule has 0 radical (unpaired) electrons. The van der Waals surface area contributed by atoms with Crippen LogP contribution in [-0.4, -0.2) is 16.1 Å². The fraction of sp³-hybridized carbons (Fsp3) is 0.308. The van der Waals surface area contributed by atoms with Gasteiger partial charge in [0.25, 0.3) is 0 Å². The average Bonchev–Trinajstić information content (AvgIpc) is 2.59. The molecule has 2 rings (SSSR count). The van der Waals surface area contributed by atoms with Crippen LogP contribution in [0.25, 0.3) is 10.9 Å². The summed E-state index contributed by atoms with van der Waals surface area (Å²) in [7, 11) is 0. The Balaban J connectivity index is 2.81. The predicted molar refractivity (Wildman–Crippen MR) is 64.1 cm³/mol. The summed E-state index contributed by atoms with van der Waals surface area (Å²) in [6.45, 7) is 6.02. The van der Waals surface area contributed by atoms with Gasteiger partial charge in [0.15, 0.2) is 0 Å². The van der Waals surface area contributed by atoms with Gasteiger partial charge >= 0.3 is 5.97 Å². The molecule has 0 aliphatic heterocycles. The lowest BCUT2D eigenvalue weighted by Gasteiger charge is -2.05. The van der Waals surface area contributed by atoms with Crippen LogP contribution in [0, 0.1) is 6.92 Å². The smallest absolute Gasteiger partial charge is 0.338 e. The molecule has 0 saturated heterocycles. The van der Waals surface area contributed by atoms with Crippen LogP contribution in [0.5, 0.6) is 0 Å². The molecule has 0 aliphatic rings. The molecule has 0 aliphatic carbocycles. The number of aryl methyl sites for hydroxylation is 1. The third kappa shape index (κ3) is 1.48. The normalized spacial score (nSPS) is 11.2. The van der Waals surface area contributed by atoms with Gasteiger partial charge in [-0.15, -0.1) is 0 Å². The van der Waals surface area contributed by atoms with E-state index in [0.717, 1.165) is 22.0 Å². The highest BCUT2D eigenvalue weighted by Crippen LogP contribution is 2.28. The molecule has 0 unspecified atom stereocenters. The first-order valence-electron chi connectivity index (χ1n) is 5.36. The zero-order valence-electron chi connectivity index (χ0n) is 9.66. The van der Waals surface area contributed by atoms with Crippen molar-refractivity contribution >= 4 is 16.9 Å². The van der Waals surface area contributed by atoms with E-state index in [9.17, 15) is 9.90 Å². The Bertz CT molecular complexity index is 552. The summed E-state index contributed by atoms with van der Waals surface area (Å²) in [5.74, 6) is -0.488. The van der Waals surface area contributed by atoms with E-state index in [0.29, 0.717) is 11.5 Å². The van der Waals surface area contributed by atoms with Crippen molar-refractivity contribution in [3.8, 4) is 0 Å². The summed E-state index contributed by atoms with van der Waals surface area (Å²) >= 11 is 0. The summed E-state index contributed by atoms with van der Waals surface area (Å²) in [6, 6.07) is 3.86. The molecule has 0 bridgehead atoms. The summed E-state index contributed by atoms with van der Waals surface area (Å²) in [5.41, 5.74) is 3.07. The number of carbonyl (C=O) groups is 1. The van der Waals surface area contributed by atoms with Crippen molar-refractivity contribution in [1.82, 2.24) is 4.98 Å². The van der Waals surface area contributed by atoms with Gasteiger partial charge < -0.3 is 10.1 Å². The van der Waals surface area contributed by atoms with E-state index in [4.69, 9.17) is 0 Å². The largest absolute Gasteiger partial charge is 0.478 e. The van der Waals surface area contributed by atoms with Crippen LogP contribution in [0.4, 0.5) is 0 Å². The standard InChI is InChI=1S/C13H15NO2/c1-7(2)10-6-14-12-9(10)5-4-8(3)11(12)13(15)16/h4-7,14H,1-3H3,(H,15,16). The van der Waals surface area contributed by atoms with Crippen molar-refractivity contribution in [2.45, 2.75) is 26.7 Å². The zero-order valence-corrected chi connectivity index (χ0v) is 9.66. The second kappa shape index (κ2) is 3.67. The number of aromatic amines is 1. The van der Waals surface area contributed by atoms with Gasteiger partial charge in [-0.3, -0.25) is 0 Å². The molecule has 0 saturated carbocycles. The van der Waals surface area contributed by atoms with Gasteiger partial charge in [-0.25, -0.2) is 4.79 Å². The van der Waals surface area contributed by atoms with Crippen molar-refractivity contribution in [3.63, 3.8) is 0 Å². The summed E-state index contributed by atoms with van der Waals surface area (Å²) < 4.78 is 0. The van der Waals surface area contributed by atoms with Crippen LogP contribution in [0.2, 0.25) is 0 Å². The minimum atomic E-state index is -0.875. The lowest BCUT2D eigenvalue weighted by Crippen LogP contribution is -2.00. The lowest BCUT2D eigenvalue weighted by atomic mass is 9.99. The number of aromatic nitrogens is 1. The monoisotopic (exact) mass is 217 g/mol. The number of carboxylic acids is 1. The second-order valence-corrected chi connectivity index (χ2v) is 4.38. The molecule has 1 aromatic heterocycles. The lowest BCUT2D eigenvalue weighted by molar-refractivity contribution is 0.0698. The molecule has 0 amide bonds. The van der Waals surface area contributed by atoms with Gasteiger partial charge in [0.05, 0.1) is 11.1 Å². The highest BCUT2D eigenvalue weighted by Gasteiger charge is 2.16. The van der Waals surface area contributed by atoms with Crippen molar-refractivity contribution in [1.29, 1.82) is 0 Å². The maximum absolute atomic E-state index is 11.2. The molecule has 2 aromatic rings. The van der Waals surface area contributed by atoms with Gasteiger partial charge in [0, 0.05) is 11.6 Å². The van der Waals surface area contributed by atoms with Crippen LogP contribution >= 0.6 is 0 Å². The third-order valence-electron chi connectivity index (χ3n) is 2.93. The number of rotatable bonds is 2. The van der Waals surface area contributed by atoms with E-state index in [-0.39, 0.29) is 0 Å². The number of fused-ring (bicyclic) bond motifs is 1. The Morgan fingerprint density at radius 2 is 2.06 bits per heavy atom. The Hall–Kier alpha value is -1.77. The van der Waals surface area contributed by atoms with Crippen molar-refractivity contribution in [2.24, 2.45) is 0 Å². The summed E-state index contributed by atoms with van der Waals surface area (Å²) in [5, 5.41) is 10.2. The maximum atomic E-state index is 11.2. The Labute approximate surface area is 94.1 Å². The van der Waals surface area contributed by atoms with Gasteiger partial charge in [-0.05, 0) is 24.0 Å². The first kappa shape index (κ1) is 10.7. The molecule has 0 spiro atoms. The van der Waals surface area contributed by atoms with Crippen molar-refractivity contribution in [2.75, 3.05) is 0 Å². The number of H-pyrrole nitrogens is 1. The van der Waals surface area contributed by atoms with E-state index < -0.39 is 5.97 Å². The average molecular weight is 217 g/mol. The van der Waals surface area contributed by atoms with Crippen LogP contribution in [0.1, 0.15) is 41.3 Å². The van der Waals surface area contributed by atoms with Crippen molar-refractivity contribution < 1.29 is 9.90 Å². The number of nitrogens with one attached hydrogen (secondary N) is 1. The first-order chi connectivity index (χ1) is 7.52. The third-order valence-corrected chi connectivity index (χ3v) is 2.93. The first-order valence-corrected chi connectivity index (χ1v) is 5.36. The zero-order chi connectivity index (χ0) is 11.9. The fourth-order valence-corrected chi connectivity index (χ4v) is 2.08. The number of aromatic carboxylic acids is 1. The van der Waals surface area contributed by atoms with Crippen molar-refractivity contribution in [3.05, 3.63) is 35.0 Å². The van der Waals surface area contributed by atoms with Crippen LogP contribution < -0.4 is 0 Å². The maximum Gasteiger partial charge on any atom is 0.338 e. The van der Waals surface area contributed by atoms with E-state index in [1.54, 1.807) is 0 Å². The van der Waals surface area contributed by atoms with Crippen LogP contribution in [-0.2, 0) is 0 Å². The molecular formula is C13H15NO2. The van der Waals surface area contributed by atoms with Gasteiger partial charge in [-0.1, -0.05) is 26.0 Å². The highest BCUT2D eigenvalue weighted by atomic mass is 16.4. The SMILES string of the molecule is Cc1ccc2c(C(C)C)c[nH]c2c1C(=O)O. The summed E-state index contributed by atoms with van der Waals surface area (Å²) in [6.07, 6.45) is 1.90. The van der Waals surface area contributed by atoms with E-state index in [1.165, 1.54) is 0 Å². The fourth-order valence-electron chi connectivity index (χ4n) is 2.08. The molecule has 2 N–H and O–H groups in total. The number of hydrogen-bond donors (Lipinski definition) is 2. The number of carboxylic acid groups (broad SMARTS) is 1. The minimum absolute atomic E-state index is 0.379. The minimum Gasteiger partial charge on any atom is -0.478 e.